The molecule has 0 aliphatic heterocycles. The van der Waals surface area contributed by atoms with Gasteiger partial charge >= 0.3 is 0 Å². The molecule has 8 nitrogen and oxygen atoms in total. The summed E-state index contributed by atoms with van der Waals surface area (Å²) in [7, 11) is 0. The lowest BCUT2D eigenvalue weighted by Gasteiger charge is -2.48. The summed E-state index contributed by atoms with van der Waals surface area (Å²) in [6.45, 7) is 4.30. The van der Waals surface area contributed by atoms with E-state index in [2.05, 4.69) is 13.8 Å². The van der Waals surface area contributed by atoms with E-state index < -0.39 is 52.7 Å². The first-order valence-electron chi connectivity index (χ1n) is 12.1. The summed E-state index contributed by atoms with van der Waals surface area (Å²) < 4.78 is 0. The number of aryl methyl sites for hydroxylation is 1. The molecule has 34 heavy (non-hydrogen) atoms. The predicted octanol–water partition coefficient (Wildman–Crippen LogP) is 1.96. The fraction of sp³-hybridized carbons (Fsp3) is 0.577. The van der Waals surface area contributed by atoms with E-state index in [0.717, 1.165) is 36.8 Å². The van der Waals surface area contributed by atoms with E-state index in [4.69, 9.17) is 5.73 Å². The number of Topliss-reactive ketones (excluding diaryl/α,β-unsaturated/α-hetero) is 2. The van der Waals surface area contributed by atoms with Gasteiger partial charge in [-0.25, -0.2) is 0 Å². The van der Waals surface area contributed by atoms with Crippen LogP contribution in [-0.4, -0.2) is 49.6 Å². The largest absolute Gasteiger partial charge is 0.507 e. The van der Waals surface area contributed by atoms with Gasteiger partial charge in [0.05, 0.1) is 11.7 Å². The van der Waals surface area contributed by atoms with Crippen molar-refractivity contribution in [3.05, 3.63) is 34.4 Å². The van der Waals surface area contributed by atoms with Gasteiger partial charge in [-0.05, 0) is 61.1 Å². The zero-order valence-corrected chi connectivity index (χ0v) is 19.6. The highest BCUT2D eigenvalue weighted by Gasteiger charge is 2.63. The van der Waals surface area contributed by atoms with Crippen LogP contribution in [0.2, 0.25) is 0 Å². The van der Waals surface area contributed by atoms with E-state index in [-0.39, 0.29) is 29.7 Å². The molecule has 3 aliphatic carbocycles. The maximum atomic E-state index is 13.5. The van der Waals surface area contributed by atoms with Gasteiger partial charge in [-0.2, -0.15) is 0 Å². The van der Waals surface area contributed by atoms with Crippen LogP contribution in [0.4, 0.5) is 0 Å². The van der Waals surface area contributed by atoms with E-state index in [9.17, 15) is 34.8 Å². The topological polar surface area (TPSA) is 158 Å². The molecule has 0 aromatic heterocycles. The summed E-state index contributed by atoms with van der Waals surface area (Å²) in [5.41, 5.74) is 4.55. The third-order valence-electron chi connectivity index (χ3n) is 8.34. The Morgan fingerprint density at radius 2 is 1.85 bits per heavy atom. The molecule has 6 N–H and O–H groups in total. The van der Waals surface area contributed by atoms with Crippen molar-refractivity contribution in [2.75, 3.05) is 0 Å². The van der Waals surface area contributed by atoms with Gasteiger partial charge in [-0.3, -0.25) is 14.4 Å². The summed E-state index contributed by atoms with van der Waals surface area (Å²) in [6, 6.07) is 3.34. The van der Waals surface area contributed by atoms with Crippen molar-refractivity contribution in [3.63, 3.8) is 0 Å². The average Bonchev–Trinajstić information content (AvgIpc) is 2.78. The molecule has 184 valence electrons. The van der Waals surface area contributed by atoms with Crippen LogP contribution in [0.3, 0.4) is 0 Å². The van der Waals surface area contributed by atoms with Crippen molar-refractivity contribution >= 4 is 23.2 Å². The minimum absolute atomic E-state index is 0.105. The number of rotatable bonds is 6. The summed E-state index contributed by atoms with van der Waals surface area (Å²) in [6.07, 6.45) is 2.89. The smallest absolute Gasteiger partial charge is 0.230 e. The molecule has 2 fully saturated rings. The SMILES string of the molecule is CCC(CC)CCc1ccc(O)c2c1C[C@H]1C[C@H]3CC(O)C(C(N)=O)C(=O)[C@@]3(O)C(=O)C1=C2O. The minimum Gasteiger partial charge on any atom is -0.507 e. The van der Waals surface area contributed by atoms with Crippen LogP contribution in [0.5, 0.6) is 5.75 Å². The number of aliphatic hydroxyl groups excluding tert-OH is 2. The molecule has 1 amide bonds. The number of ketones is 2. The van der Waals surface area contributed by atoms with Crippen LogP contribution < -0.4 is 5.73 Å². The molecule has 1 aromatic carbocycles. The standard InChI is InChI=1S/C26H33NO7/c1-3-12(4-2)5-6-13-7-8-17(28)20-16(13)10-14-9-15-11-18(29)21(25(27)33)24(32)26(15,34)23(31)19(14)22(20)30/h7-8,12,14-15,18,21,28-30,34H,3-6,9-11H2,1-2H3,(H2,27,33)/t14-,15+,18?,21?,26+/m1/s1. The summed E-state index contributed by atoms with van der Waals surface area (Å²) >= 11 is 0. The molecule has 0 saturated heterocycles. The predicted molar refractivity (Wildman–Crippen MR) is 124 cm³/mol. The van der Waals surface area contributed by atoms with Crippen molar-refractivity contribution in [2.45, 2.75) is 70.5 Å². The number of carbonyl (C=O) groups is 3. The maximum absolute atomic E-state index is 13.5. The highest BCUT2D eigenvalue weighted by molar-refractivity contribution is 6.24. The Hall–Kier alpha value is -2.71. The van der Waals surface area contributed by atoms with Crippen molar-refractivity contribution in [1.29, 1.82) is 0 Å². The van der Waals surface area contributed by atoms with E-state index in [1.54, 1.807) is 0 Å². The number of hydrogen-bond donors (Lipinski definition) is 5. The van der Waals surface area contributed by atoms with Crippen molar-refractivity contribution in [1.82, 2.24) is 0 Å². The van der Waals surface area contributed by atoms with Gasteiger partial charge in [0, 0.05) is 11.5 Å². The van der Waals surface area contributed by atoms with Crippen LogP contribution >= 0.6 is 0 Å². The number of primary amides is 1. The Morgan fingerprint density at radius 3 is 2.47 bits per heavy atom. The number of phenolic OH excluding ortho intramolecular Hbond substituents is 1. The Kier molecular flexibility index (Phi) is 6.33. The number of carbonyl (C=O) groups excluding carboxylic acids is 3. The minimum atomic E-state index is -2.54. The normalized spacial score (nSPS) is 30.7. The monoisotopic (exact) mass is 471 g/mol. The molecule has 0 bridgehead atoms. The highest BCUT2D eigenvalue weighted by atomic mass is 16.3. The summed E-state index contributed by atoms with van der Waals surface area (Å²) in [5, 5.41) is 43.4. The van der Waals surface area contributed by atoms with E-state index in [1.165, 1.54) is 6.07 Å². The van der Waals surface area contributed by atoms with E-state index >= 15 is 0 Å². The second kappa shape index (κ2) is 8.82. The third-order valence-corrected chi connectivity index (χ3v) is 8.34. The number of aromatic hydroxyl groups is 1. The molecular weight excluding hydrogens is 438 g/mol. The number of phenols is 1. The van der Waals surface area contributed by atoms with Gasteiger partial charge < -0.3 is 26.2 Å². The van der Waals surface area contributed by atoms with Gasteiger partial charge in [0.25, 0.3) is 0 Å². The number of hydrogen-bond acceptors (Lipinski definition) is 7. The Balaban J connectivity index is 1.77. The van der Waals surface area contributed by atoms with Gasteiger partial charge in [0.15, 0.2) is 11.4 Å². The van der Waals surface area contributed by atoms with Crippen molar-refractivity contribution in [2.24, 2.45) is 29.4 Å². The molecule has 4 rings (SSSR count). The first kappa shape index (κ1) is 24.4. The maximum Gasteiger partial charge on any atom is 0.230 e. The highest BCUT2D eigenvalue weighted by Crippen LogP contribution is 2.51. The molecule has 3 aliphatic rings. The Morgan fingerprint density at radius 1 is 1.18 bits per heavy atom. The lowest BCUT2D eigenvalue weighted by atomic mass is 9.56. The number of benzene rings is 1. The van der Waals surface area contributed by atoms with Crippen LogP contribution in [0.1, 0.15) is 62.6 Å². The fourth-order valence-electron chi connectivity index (χ4n) is 6.28. The van der Waals surface area contributed by atoms with Gasteiger partial charge in [-0.15, -0.1) is 0 Å². The zero-order valence-electron chi connectivity index (χ0n) is 19.6. The molecule has 8 heteroatoms. The second-order valence-corrected chi connectivity index (χ2v) is 10.1. The van der Waals surface area contributed by atoms with Crippen molar-refractivity contribution in [3.8, 4) is 5.75 Å². The van der Waals surface area contributed by atoms with Crippen LogP contribution in [0.25, 0.3) is 5.76 Å². The average molecular weight is 472 g/mol. The van der Waals surface area contributed by atoms with Crippen LogP contribution in [0, 0.1) is 23.7 Å². The zero-order chi connectivity index (χ0) is 24.9. The number of aliphatic hydroxyl groups is 3. The van der Waals surface area contributed by atoms with Crippen LogP contribution in [0.15, 0.2) is 17.7 Å². The molecule has 2 saturated carbocycles. The Labute approximate surface area is 198 Å². The molecule has 0 radical (unpaired) electrons. The molecule has 5 atom stereocenters. The fourth-order valence-corrected chi connectivity index (χ4v) is 6.28. The van der Waals surface area contributed by atoms with Crippen molar-refractivity contribution < 1.29 is 34.8 Å². The van der Waals surface area contributed by atoms with Crippen LogP contribution in [-0.2, 0) is 27.2 Å². The van der Waals surface area contributed by atoms with E-state index in [0.29, 0.717) is 12.3 Å². The number of nitrogens with two attached hydrogens (primary N) is 1. The summed E-state index contributed by atoms with van der Waals surface area (Å²) in [5.74, 6) is -6.31. The Bertz CT molecular complexity index is 1070. The summed E-state index contributed by atoms with van der Waals surface area (Å²) in [4.78, 5) is 38.3. The van der Waals surface area contributed by atoms with Gasteiger partial charge in [0.2, 0.25) is 11.7 Å². The first-order chi connectivity index (χ1) is 16.1. The lowest BCUT2D eigenvalue weighted by Crippen LogP contribution is -2.66. The van der Waals surface area contributed by atoms with E-state index in [1.807, 2.05) is 6.07 Å². The molecular formula is C26H33NO7. The van der Waals surface area contributed by atoms with Gasteiger partial charge in [-0.1, -0.05) is 32.8 Å². The molecule has 2 unspecified atom stereocenters. The lowest BCUT2D eigenvalue weighted by molar-refractivity contribution is -0.174. The number of fused-ring (bicyclic) bond motifs is 3. The quantitative estimate of drug-likeness (QED) is 0.397. The number of amides is 1. The molecule has 0 heterocycles. The molecule has 1 aromatic rings. The molecule has 0 spiro atoms. The first-order valence-corrected chi connectivity index (χ1v) is 12.1. The van der Waals surface area contributed by atoms with Gasteiger partial charge in [0.1, 0.15) is 17.4 Å². The third kappa shape index (κ3) is 3.55. The second-order valence-electron chi connectivity index (χ2n) is 10.1.